The van der Waals surface area contributed by atoms with E-state index in [0.717, 1.165) is 13.0 Å². The van der Waals surface area contributed by atoms with Crippen molar-refractivity contribution in [1.29, 1.82) is 0 Å². The highest BCUT2D eigenvalue weighted by atomic mass is 16.6. The Morgan fingerprint density at radius 3 is 2.95 bits per heavy atom. The summed E-state index contributed by atoms with van der Waals surface area (Å²) in [4.78, 5) is 14.7. The van der Waals surface area contributed by atoms with Crippen molar-refractivity contribution in [3.8, 4) is 11.3 Å². The molecule has 6 nitrogen and oxygen atoms in total. The highest BCUT2D eigenvalue weighted by molar-refractivity contribution is 5.62. The second-order valence-electron chi connectivity index (χ2n) is 4.55. The minimum Gasteiger partial charge on any atom is -0.439 e. The van der Waals surface area contributed by atoms with Gasteiger partial charge in [0.25, 0.3) is 5.69 Å². The van der Waals surface area contributed by atoms with Crippen LogP contribution in [0.1, 0.15) is 24.8 Å². The topological polar surface area (TPSA) is 81.2 Å². The third-order valence-corrected chi connectivity index (χ3v) is 2.95. The van der Waals surface area contributed by atoms with E-state index in [9.17, 15) is 10.1 Å². The van der Waals surface area contributed by atoms with Crippen molar-refractivity contribution < 1.29 is 9.34 Å². The van der Waals surface area contributed by atoms with Crippen molar-refractivity contribution in [2.24, 2.45) is 0 Å². The first-order valence-electron chi connectivity index (χ1n) is 6.52. The van der Waals surface area contributed by atoms with Crippen LogP contribution in [0, 0.1) is 17.0 Å². The van der Waals surface area contributed by atoms with Gasteiger partial charge in [-0.05, 0) is 19.9 Å². The van der Waals surface area contributed by atoms with Gasteiger partial charge in [-0.2, -0.15) is 0 Å². The molecule has 0 saturated carbocycles. The maximum absolute atomic E-state index is 10.9. The molecule has 1 aromatic carbocycles. The average Bonchev–Trinajstić information content (AvgIpc) is 2.88. The van der Waals surface area contributed by atoms with Crippen LogP contribution in [0.5, 0.6) is 0 Å². The molecule has 0 fully saturated rings. The lowest BCUT2D eigenvalue weighted by atomic mass is 10.1. The third-order valence-electron chi connectivity index (χ3n) is 2.95. The molecular weight excluding hydrogens is 258 g/mol. The molecule has 0 aliphatic rings. The molecule has 2 aromatic rings. The normalized spacial score (nSPS) is 10.7. The van der Waals surface area contributed by atoms with Gasteiger partial charge in [0.2, 0.25) is 5.89 Å². The van der Waals surface area contributed by atoms with E-state index in [2.05, 4.69) is 17.2 Å². The fraction of sp³-hybridized carbons (Fsp3) is 0.357. The predicted molar refractivity (Wildman–Crippen MR) is 75.3 cm³/mol. The quantitative estimate of drug-likeness (QED) is 0.498. The van der Waals surface area contributed by atoms with Crippen LogP contribution in [0.4, 0.5) is 5.69 Å². The standard InChI is InChI=1S/C14H17N3O3/c1-3-6-15-9-14-16-8-13(20-14)11-5-4-10(2)12(7-11)17(18)19/h4-5,7-8,15H,3,6,9H2,1-2H3. The second kappa shape index (κ2) is 6.29. The van der Waals surface area contributed by atoms with E-state index in [1.54, 1.807) is 25.3 Å². The van der Waals surface area contributed by atoms with Crippen LogP contribution in [0.2, 0.25) is 0 Å². The van der Waals surface area contributed by atoms with Crippen LogP contribution in [0.25, 0.3) is 11.3 Å². The Balaban J connectivity index is 2.19. The highest BCUT2D eigenvalue weighted by Crippen LogP contribution is 2.27. The van der Waals surface area contributed by atoms with Crippen molar-refractivity contribution in [3.63, 3.8) is 0 Å². The molecule has 0 aliphatic carbocycles. The van der Waals surface area contributed by atoms with Crippen molar-refractivity contribution in [1.82, 2.24) is 10.3 Å². The lowest BCUT2D eigenvalue weighted by Gasteiger charge is -2.00. The van der Waals surface area contributed by atoms with Gasteiger partial charge in [0.1, 0.15) is 0 Å². The molecule has 20 heavy (non-hydrogen) atoms. The number of nitro benzene ring substituents is 1. The molecule has 106 valence electrons. The predicted octanol–water partition coefficient (Wildman–Crippen LogP) is 3.06. The number of hydrogen-bond acceptors (Lipinski definition) is 5. The van der Waals surface area contributed by atoms with E-state index in [1.807, 2.05) is 0 Å². The zero-order chi connectivity index (χ0) is 14.5. The van der Waals surface area contributed by atoms with E-state index >= 15 is 0 Å². The smallest absolute Gasteiger partial charge is 0.273 e. The van der Waals surface area contributed by atoms with Gasteiger partial charge in [0.15, 0.2) is 5.76 Å². The molecule has 1 aromatic heterocycles. The van der Waals surface area contributed by atoms with Gasteiger partial charge in [-0.25, -0.2) is 4.98 Å². The highest BCUT2D eigenvalue weighted by Gasteiger charge is 2.14. The van der Waals surface area contributed by atoms with Crippen molar-refractivity contribution in [3.05, 3.63) is 46.0 Å². The number of hydrogen-bond donors (Lipinski definition) is 1. The Morgan fingerprint density at radius 2 is 2.25 bits per heavy atom. The number of nitrogens with one attached hydrogen (secondary N) is 1. The summed E-state index contributed by atoms with van der Waals surface area (Å²) in [5, 5.41) is 14.1. The van der Waals surface area contributed by atoms with Crippen LogP contribution in [-0.2, 0) is 6.54 Å². The number of nitrogens with zero attached hydrogens (tertiary/aromatic N) is 2. The number of aromatic nitrogens is 1. The van der Waals surface area contributed by atoms with Crippen LogP contribution in [0.3, 0.4) is 0 Å². The van der Waals surface area contributed by atoms with Gasteiger partial charge < -0.3 is 9.73 Å². The SMILES string of the molecule is CCCNCc1ncc(-c2ccc(C)c([N+](=O)[O-])c2)o1. The second-order valence-corrected chi connectivity index (χ2v) is 4.55. The lowest BCUT2D eigenvalue weighted by Crippen LogP contribution is -2.13. The van der Waals surface area contributed by atoms with Crippen molar-refractivity contribution in [2.45, 2.75) is 26.8 Å². The molecule has 0 spiro atoms. The van der Waals surface area contributed by atoms with Crippen LogP contribution < -0.4 is 5.32 Å². The van der Waals surface area contributed by atoms with Crippen LogP contribution >= 0.6 is 0 Å². The van der Waals surface area contributed by atoms with Gasteiger partial charge in [0.05, 0.1) is 17.7 Å². The number of oxazole rings is 1. The number of rotatable bonds is 6. The summed E-state index contributed by atoms with van der Waals surface area (Å²) >= 11 is 0. The molecule has 0 aliphatic heterocycles. The first kappa shape index (κ1) is 14.2. The van der Waals surface area contributed by atoms with Crippen molar-refractivity contribution in [2.75, 3.05) is 6.54 Å². The van der Waals surface area contributed by atoms with Gasteiger partial charge >= 0.3 is 0 Å². The maximum atomic E-state index is 10.9. The third kappa shape index (κ3) is 3.21. The monoisotopic (exact) mass is 275 g/mol. The van der Waals surface area contributed by atoms with E-state index in [0.29, 0.717) is 29.3 Å². The summed E-state index contributed by atoms with van der Waals surface area (Å²) in [5.41, 5.74) is 1.38. The zero-order valence-corrected chi connectivity index (χ0v) is 11.5. The summed E-state index contributed by atoms with van der Waals surface area (Å²) in [6, 6.07) is 5.02. The lowest BCUT2D eigenvalue weighted by molar-refractivity contribution is -0.385. The molecule has 0 saturated heterocycles. The summed E-state index contributed by atoms with van der Waals surface area (Å²) in [6.07, 6.45) is 2.63. The molecule has 0 unspecified atom stereocenters. The Kier molecular flexibility index (Phi) is 4.47. The Bertz CT molecular complexity index is 607. The van der Waals surface area contributed by atoms with Gasteiger partial charge in [0, 0.05) is 17.2 Å². The maximum Gasteiger partial charge on any atom is 0.273 e. The Labute approximate surface area is 117 Å². The molecule has 2 rings (SSSR count). The van der Waals surface area contributed by atoms with Gasteiger partial charge in [-0.1, -0.05) is 19.1 Å². The number of benzene rings is 1. The first-order chi connectivity index (χ1) is 9.61. The van der Waals surface area contributed by atoms with Crippen LogP contribution in [0.15, 0.2) is 28.8 Å². The van der Waals surface area contributed by atoms with E-state index in [4.69, 9.17) is 4.42 Å². The minimum atomic E-state index is -0.390. The Morgan fingerprint density at radius 1 is 1.45 bits per heavy atom. The van der Waals surface area contributed by atoms with Gasteiger partial charge in [-0.15, -0.1) is 0 Å². The summed E-state index contributed by atoms with van der Waals surface area (Å²) < 4.78 is 5.59. The minimum absolute atomic E-state index is 0.0876. The number of nitro groups is 1. The average molecular weight is 275 g/mol. The zero-order valence-electron chi connectivity index (χ0n) is 11.5. The molecule has 0 radical (unpaired) electrons. The molecule has 0 amide bonds. The largest absolute Gasteiger partial charge is 0.439 e. The first-order valence-corrected chi connectivity index (χ1v) is 6.52. The van der Waals surface area contributed by atoms with Crippen LogP contribution in [-0.4, -0.2) is 16.5 Å². The summed E-state index contributed by atoms with van der Waals surface area (Å²) in [6.45, 7) is 5.25. The molecule has 0 atom stereocenters. The summed E-state index contributed by atoms with van der Waals surface area (Å²) in [5.74, 6) is 1.12. The van der Waals surface area contributed by atoms with E-state index in [1.165, 1.54) is 6.07 Å². The summed E-state index contributed by atoms with van der Waals surface area (Å²) in [7, 11) is 0. The van der Waals surface area contributed by atoms with Crippen molar-refractivity contribution >= 4 is 5.69 Å². The molecule has 6 heteroatoms. The fourth-order valence-corrected chi connectivity index (χ4v) is 1.86. The molecule has 1 heterocycles. The molecule has 1 N–H and O–H groups in total. The van der Waals surface area contributed by atoms with Gasteiger partial charge in [-0.3, -0.25) is 10.1 Å². The van der Waals surface area contributed by atoms with E-state index in [-0.39, 0.29) is 10.6 Å². The molecular formula is C14H17N3O3. The Hall–Kier alpha value is -2.21. The molecule has 0 bridgehead atoms. The number of aryl methyl sites for hydroxylation is 1. The fourth-order valence-electron chi connectivity index (χ4n) is 1.86. The van der Waals surface area contributed by atoms with E-state index < -0.39 is 0 Å².